The molecule has 2 aromatic carbocycles. The van der Waals surface area contributed by atoms with Gasteiger partial charge in [-0.2, -0.15) is 0 Å². The first-order valence-corrected chi connectivity index (χ1v) is 10.5. The van der Waals surface area contributed by atoms with E-state index in [1.54, 1.807) is 30.3 Å². The lowest BCUT2D eigenvalue weighted by molar-refractivity contribution is -0.114. The van der Waals surface area contributed by atoms with Crippen molar-refractivity contribution >= 4 is 61.3 Å². The highest BCUT2D eigenvalue weighted by Crippen LogP contribution is 2.32. The molecule has 0 unspecified atom stereocenters. The van der Waals surface area contributed by atoms with Crippen molar-refractivity contribution in [3.8, 4) is 10.6 Å². The fraction of sp³-hybridized carbons (Fsp3) is 0.0625. The monoisotopic (exact) mass is 442 g/mol. The lowest BCUT2D eigenvalue weighted by Crippen LogP contribution is -2.13. The zero-order chi connectivity index (χ0) is 19.6. The van der Waals surface area contributed by atoms with Gasteiger partial charge in [0.2, 0.25) is 11.0 Å². The summed E-state index contributed by atoms with van der Waals surface area (Å²) in [5, 5.41) is 11.1. The maximum atomic E-state index is 12.6. The molecule has 11 heteroatoms. The van der Waals surface area contributed by atoms with Crippen LogP contribution in [0, 0.1) is 0 Å². The molecule has 2 N–H and O–H groups in total. The number of nitrogens with zero attached hydrogens (tertiary/aromatic N) is 2. The standard InChI is InChI=1S/C16H12Cl2N4O3S2/c1-9(23)19-11-7-5-10(6-8-11)15-20-21-16(26-15)22-27(24,25)14-12(17)3-2-4-13(14)18/h2-8H,1H3,(H,19,23)(H,21,22). The third-order valence-corrected chi connectivity index (χ3v) is 6.60. The van der Waals surface area contributed by atoms with Gasteiger partial charge >= 0.3 is 0 Å². The summed E-state index contributed by atoms with van der Waals surface area (Å²) in [7, 11) is -4.02. The van der Waals surface area contributed by atoms with E-state index in [0.29, 0.717) is 10.7 Å². The van der Waals surface area contributed by atoms with E-state index in [9.17, 15) is 13.2 Å². The molecule has 1 amide bonds. The van der Waals surface area contributed by atoms with Crippen molar-refractivity contribution in [2.75, 3.05) is 10.0 Å². The minimum Gasteiger partial charge on any atom is -0.326 e. The lowest BCUT2D eigenvalue weighted by Gasteiger charge is -2.08. The summed E-state index contributed by atoms with van der Waals surface area (Å²) in [6.07, 6.45) is 0. The highest BCUT2D eigenvalue weighted by Gasteiger charge is 2.23. The molecule has 0 radical (unpaired) electrons. The largest absolute Gasteiger partial charge is 0.326 e. The van der Waals surface area contributed by atoms with Crippen LogP contribution in [0.15, 0.2) is 47.4 Å². The average Bonchev–Trinajstić information content (AvgIpc) is 3.02. The number of rotatable bonds is 5. The first-order chi connectivity index (χ1) is 12.8. The topological polar surface area (TPSA) is 101 Å². The molecule has 7 nitrogen and oxygen atoms in total. The van der Waals surface area contributed by atoms with Crippen molar-refractivity contribution in [2.24, 2.45) is 0 Å². The minimum atomic E-state index is -4.02. The molecule has 0 bridgehead atoms. The Bertz CT molecular complexity index is 1080. The summed E-state index contributed by atoms with van der Waals surface area (Å²) in [5.41, 5.74) is 1.37. The van der Waals surface area contributed by atoms with Gasteiger partial charge < -0.3 is 5.32 Å². The van der Waals surface area contributed by atoms with Gasteiger partial charge in [0, 0.05) is 18.2 Å². The summed E-state index contributed by atoms with van der Waals surface area (Å²) in [4.78, 5) is 10.8. The number of benzene rings is 2. The van der Waals surface area contributed by atoms with Crippen LogP contribution in [0.4, 0.5) is 10.8 Å². The minimum absolute atomic E-state index is 0.00768. The molecule has 27 heavy (non-hydrogen) atoms. The maximum absolute atomic E-state index is 12.6. The van der Waals surface area contributed by atoms with Gasteiger partial charge in [-0.3, -0.25) is 9.52 Å². The second-order valence-corrected chi connectivity index (χ2v) is 8.74. The average molecular weight is 443 g/mol. The van der Waals surface area contributed by atoms with Gasteiger partial charge in [0.05, 0.1) is 10.0 Å². The molecule has 0 spiro atoms. The van der Waals surface area contributed by atoms with Gasteiger partial charge in [0.25, 0.3) is 10.0 Å². The molecule has 0 aliphatic carbocycles. The van der Waals surface area contributed by atoms with Crippen molar-refractivity contribution in [3.05, 3.63) is 52.5 Å². The molecular formula is C16H12Cl2N4O3S2. The Morgan fingerprint density at radius 1 is 1.04 bits per heavy atom. The maximum Gasteiger partial charge on any atom is 0.266 e. The first-order valence-electron chi connectivity index (χ1n) is 7.44. The molecule has 0 saturated heterocycles. The van der Waals surface area contributed by atoms with Crippen molar-refractivity contribution in [2.45, 2.75) is 11.8 Å². The van der Waals surface area contributed by atoms with Crippen molar-refractivity contribution < 1.29 is 13.2 Å². The Labute approximate surface area is 169 Å². The van der Waals surface area contributed by atoms with E-state index in [-0.39, 0.29) is 26.0 Å². The molecular weight excluding hydrogens is 431 g/mol. The Hall–Kier alpha value is -2.20. The molecule has 140 valence electrons. The second-order valence-electron chi connectivity index (χ2n) is 5.33. The quantitative estimate of drug-likeness (QED) is 0.613. The van der Waals surface area contributed by atoms with Crippen LogP contribution in [0.1, 0.15) is 6.92 Å². The van der Waals surface area contributed by atoms with Gasteiger partial charge in [-0.05, 0) is 36.4 Å². The molecule has 1 heterocycles. The van der Waals surface area contributed by atoms with Gasteiger partial charge in [-0.15, -0.1) is 10.2 Å². The SMILES string of the molecule is CC(=O)Nc1ccc(-c2nnc(NS(=O)(=O)c3c(Cl)cccc3Cl)s2)cc1. The Morgan fingerprint density at radius 2 is 1.67 bits per heavy atom. The van der Waals surface area contributed by atoms with E-state index in [4.69, 9.17) is 23.2 Å². The molecule has 0 aliphatic heterocycles. The summed E-state index contributed by atoms with van der Waals surface area (Å²) < 4.78 is 27.4. The van der Waals surface area contributed by atoms with Gasteiger partial charge in [-0.25, -0.2) is 8.42 Å². The predicted octanol–water partition coefficient (Wildman–Crippen LogP) is 4.27. The van der Waals surface area contributed by atoms with Gasteiger partial charge in [0.1, 0.15) is 9.90 Å². The normalized spacial score (nSPS) is 11.2. The number of halogens is 2. The third-order valence-electron chi connectivity index (χ3n) is 3.29. The number of hydrogen-bond donors (Lipinski definition) is 2. The number of carbonyl (C=O) groups is 1. The fourth-order valence-corrected chi connectivity index (χ4v) is 5.31. The van der Waals surface area contributed by atoms with E-state index < -0.39 is 10.0 Å². The number of amides is 1. The number of anilines is 2. The number of carbonyl (C=O) groups excluding carboxylic acids is 1. The zero-order valence-electron chi connectivity index (χ0n) is 13.7. The van der Waals surface area contributed by atoms with Crippen LogP contribution in [-0.4, -0.2) is 24.5 Å². The summed E-state index contributed by atoms with van der Waals surface area (Å²) in [5.74, 6) is -0.173. The van der Waals surface area contributed by atoms with E-state index in [1.165, 1.54) is 19.1 Å². The highest BCUT2D eigenvalue weighted by atomic mass is 35.5. The molecule has 0 aliphatic rings. The smallest absolute Gasteiger partial charge is 0.266 e. The van der Waals surface area contributed by atoms with E-state index in [0.717, 1.165) is 16.9 Å². The van der Waals surface area contributed by atoms with E-state index in [1.807, 2.05) is 0 Å². The molecule has 0 atom stereocenters. The number of aromatic nitrogens is 2. The van der Waals surface area contributed by atoms with E-state index in [2.05, 4.69) is 20.2 Å². The van der Waals surface area contributed by atoms with Crippen LogP contribution in [0.25, 0.3) is 10.6 Å². The van der Waals surface area contributed by atoms with Crippen LogP contribution in [-0.2, 0) is 14.8 Å². The van der Waals surface area contributed by atoms with Crippen molar-refractivity contribution in [1.82, 2.24) is 10.2 Å². The Balaban J connectivity index is 1.83. The highest BCUT2D eigenvalue weighted by molar-refractivity contribution is 7.93. The zero-order valence-corrected chi connectivity index (χ0v) is 16.9. The van der Waals surface area contributed by atoms with Gasteiger partial charge in [-0.1, -0.05) is 40.6 Å². The van der Waals surface area contributed by atoms with Crippen molar-refractivity contribution in [1.29, 1.82) is 0 Å². The fourth-order valence-electron chi connectivity index (χ4n) is 2.19. The molecule has 0 fully saturated rings. The Morgan fingerprint density at radius 3 is 2.26 bits per heavy atom. The number of nitrogens with one attached hydrogen (secondary N) is 2. The molecule has 3 rings (SSSR count). The second kappa shape index (κ2) is 7.81. The molecule has 0 saturated carbocycles. The predicted molar refractivity (Wildman–Crippen MR) is 107 cm³/mol. The number of hydrogen-bond acceptors (Lipinski definition) is 6. The third kappa shape index (κ3) is 4.56. The summed E-state index contributed by atoms with van der Waals surface area (Å²) >= 11 is 13.0. The molecule has 3 aromatic rings. The van der Waals surface area contributed by atoms with Crippen LogP contribution in [0.5, 0.6) is 0 Å². The van der Waals surface area contributed by atoms with E-state index >= 15 is 0 Å². The Kier molecular flexibility index (Phi) is 5.66. The summed E-state index contributed by atoms with van der Waals surface area (Å²) in [6.45, 7) is 1.42. The lowest BCUT2D eigenvalue weighted by atomic mass is 10.2. The van der Waals surface area contributed by atoms with Crippen LogP contribution < -0.4 is 10.0 Å². The van der Waals surface area contributed by atoms with Crippen LogP contribution in [0.2, 0.25) is 10.0 Å². The number of sulfonamides is 1. The van der Waals surface area contributed by atoms with Crippen LogP contribution >= 0.6 is 34.5 Å². The first kappa shape index (κ1) is 19.6. The molecule has 1 aromatic heterocycles. The van der Waals surface area contributed by atoms with Crippen LogP contribution in [0.3, 0.4) is 0 Å². The summed E-state index contributed by atoms with van der Waals surface area (Å²) in [6, 6.07) is 11.3. The van der Waals surface area contributed by atoms with Crippen molar-refractivity contribution in [3.63, 3.8) is 0 Å². The van der Waals surface area contributed by atoms with Gasteiger partial charge in [0.15, 0.2) is 0 Å².